The molecule has 1 aromatic heterocycles. The fourth-order valence-corrected chi connectivity index (χ4v) is 1.24. The van der Waals surface area contributed by atoms with E-state index in [4.69, 9.17) is 5.73 Å². The summed E-state index contributed by atoms with van der Waals surface area (Å²) in [4.78, 5) is 24.3. The van der Waals surface area contributed by atoms with Gasteiger partial charge in [-0.25, -0.2) is 13.8 Å². The van der Waals surface area contributed by atoms with Gasteiger partial charge in [0.2, 0.25) is 0 Å². The van der Waals surface area contributed by atoms with Crippen molar-refractivity contribution in [1.29, 1.82) is 0 Å². The summed E-state index contributed by atoms with van der Waals surface area (Å²) in [5.41, 5.74) is 3.50. The molecule has 7 nitrogen and oxygen atoms in total. The first kappa shape index (κ1) is 13.7. The number of nitrogens with two attached hydrogens (primary N) is 1. The van der Waals surface area contributed by atoms with Gasteiger partial charge in [-0.15, -0.1) is 0 Å². The summed E-state index contributed by atoms with van der Waals surface area (Å²) in [6, 6.07) is 0.616. The van der Waals surface area contributed by atoms with E-state index in [1.807, 2.05) is 0 Å². The number of alkyl halides is 2. The fraction of sp³-hybridized carbons (Fsp3) is 0.333. The van der Waals surface area contributed by atoms with E-state index >= 15 is 0 Å². The summed E-state index contributed by atoms with van der Waals surface area (Å²) in [6.07, 6.45) is -3.50. The molecule has 9 heteroatoms. The van der Waals surface area contributed by atoms with E-state index < -0.39 is 40.8 Å². The maximum Gasteiger partial charge on any atom is 0.311 e. The third-order valence-electron chi connectivity index (χ3n) is 2.11. The van der Waals surface area contributed by atoms with Crippen LogP contribution in [0.1, 0.15) is 17.7 Å². The third kappa shape index (κ3) is 2.87. The van der Waals surface area contributed by atoms with E-state index in [1.54, 1.807) is 0 Å². The second-order valence-corrected chi connectivity index (χ2v) is 3.24. The number of nitrogen functional groups attached to an aromatic ring is 1. The topological polar surface area (TPSA) is 108 Å². The fourth-order valence-electron chi connectivity index (χ4n) is 1.24. The molecular formula is C9H9F2N3O4. The Morgan fingerprint density at radius 3 is 2.72 bits per heavy atom. The normalized spacial score (nSPS) is 10.4. The summed E-state index contributed by atoms with van der Waals surface area (Å²) >= 11 is 0. The number of hydrogen-bond acceptors (Lipinski definition) is 6. The number of halogens is 2. The van der Waals surface area contributed by atoms with Gasteiger partial charge >= 0.3 is 5.97 Å². The van der Waals surface area contributed by atoms with Crippen LogP contribution in [0.2, 0.25) is 0 Å². The summed E-state index contributed by atoms with van der Waals surface area (Å²) in [5, 5.41) is 10.7. The molecule has 0 aromatic carbocycles. The van der Waals surface area contributed by atoms with Gasteiger partial charge in [0, 0.05) is 6.07 Å². The van der Waals surface area contributed by atoms with Crippen molar-refractivity contribution in [3.8, 4) is 0 Å². The monoisotopic (exact) mass is 261 g/mol. The van der Waals surface area contributed by atoms with Crippen molar-refractivity contribution < 1.29 is 23.2 Å². The van der Waals surface area contributed by atoms with Crippen LogP contribution in [0.3, 0.4) is 0 Å². The summed E-state index contributed by atoms with van der Waals surface area (Å²) in [7, 11) is 1.09. The largest absolute Gasteiger partial charge is 0.469 e. The minimum absolute atomic E-state index is 0.311. The van der Waals surface area contributed by atoms with Crippen molar-refractivity contribution in [1.82, 2.24) is 4.98 Å². The number of carbonyl (C=O) groups excluding carboxylic acids is 1. The van der Waals surface area contributed by atoms with Crippen molar-refractivity contribution in [3.05, 3.63) is 27.4 Å². The van der Waals surface area contributed by atoms with Crippen LogP contribution in [0.5, 0.6) is 0 Å². The maximum atomic E-state index is 12.5. The summed E-state index contributed by atoms with van der Waals surface area (Å²) in [5.74, 6) is -1.33. The van der Waals surface area contributed by atoms with Crippen LogP contribution in [0, 0.1) is 10.1 Å². The zero-order valence-electron chi connectivity index (χ0n) is 9.22. The van der Waals surface area contributed by atoms with Crippen LogP contribution in [0.4, 0.5) is 20.3 Å². The molecule has 18 heavy (non-hydrogen) atoms. The average molecular weight is 261 g/mol. The number of carbonyl (C=O) groups is 1. The van der Waals surface area contributed by atoms with Gasteiger partial charge in [0.25, 0.3) is 12.1 Å². The lowest BCUT2D eigenvalue weighted by atomic mass is 10.1. The molecule has 0 fully saturated rings. The summed E-state index contributed by atoms with van der Waals surface area (Å²) < 4.78 is 29.3. The van der Waals surface area contributed by atoms with Gasteiger partial charge in [0.15, 0.2) is 0 Å². The number of esters is 1. The van der Waals surface area contributed by atoms with Crippen molar-refractivity contribution in [2.24, 2.45) is 0 Å². The van der Waals surface area contributed by atoms with Crippen molar-refractivity contribution in [2.45, 2.75) is 12.8 Å². The van der Waals surface area contributed by atoms with Crippen LogP contribution in [-0.2, 0) is 16.0 Å². The highest BCUT2D eigenvalue weighted by molar-refractivity contribution is 5.73. The molecule has 0 bridgehead atoms. The van der Waals surface area contributed by atoms with Gasteiger partial charge in [-0.3, -0.25) is 14.9 Å². The lowest BCUT2D eigenvalue weighted by Gasteiger charge is -2.07. The molecule has 1 heterocycles. The van der Waals surface area contributed by atoms with E-state index in [1.165, 1.54) is 0 Å². The second-order valence-electron chi connectivity index (χ2n) is 3.24. The van der Waals surface area contributed by atoms with E-state index in [9.17, 15) is 23.7 Å². The number of ether oxygens (including phenoxy) is 1. The van der Waals surface area contributed by atoms with Gasteiger partial charge < -0.3 is 10.5 Å². The van der Waals surface area contributed by atoms with Gasteiger partial charge in [-0.1, -0.05) is 0 Å². The highest BCUT2D eigenvalue weighted by atomic mass is 19.3. The zero-order valence-corrected chi connectivity index (χ0v) is 9.22. The molecule has 0 saturated carbocycles. The Hall–Kier alpha value is -2.32. The number of pyridine rings is 1. The Bertz CT molecular complexity index is 493. The Kier molecular flexibility index (Phi) is 4.08. The first-order valence-corrected chi connectivity index (χ1v) is 4.65. The quantitative estimate of drug-likeness (QED) is 0.496. The summed E-state index contributed by atoms with van der Waals surface area (Å²) in [6.45, 7) is 0. The Morgan fingerprint density at radius 1 is 1.67 bits per heavy atom. The number of anilines is 1. The molecule has 0 saturated heterocycles. The molecule has 0 aliphatic rings. The number of methoxy groups -OCH3 is 1. The Balaban J connectivity index is 3.29. The molecule has 1 rings (SSSR count). The van der Waals surface area contributed by atoms with E-state index in [0.29, 0.717) is 6.07 Å². The molecular weight excluding hydrogens is 252 g/mol. The van der Waals surface area contributed by atoms with Crippen LogP contribution in [0.25, 0.3) is 0 Å². The lowest BCUT2D eigenvalue weighted by Crippen LogP contribution is -2.11. The molecule has 2 N–H and O–H groups in total. The average Bonchev–Trinajstić information content (AvgIpc) is 2.27. The SMILES string of the molecule is COC(=O)Cc1nc(N)c(C(F)F)cc1[N+](=O)[O-]. The van der Waals surface area contributed by atoms with E-state index in [-0.39, 0.29) is 5.69 Å². The molecule has 0 atom stereocenters. The number of aromatic nitrogens is 1. The molecule has 98 valence electrons. The van der Waals surface area contributed by atoms with Crippen molar-refractivity contribution in [2.75, 3.05) is 12.8 Å². The van der Waals surface area contributed by atoms with E-state index in [0.717, 1.165) is 7.11 Å². The van der Waals surface area contributed by atoms with Gasteiger partial charge in [-0.2, -0.15) is 0 Å². The number of hydrogen-bond donors (Lipinski definition) is 1. The highest BCUT2D eigenvalue weighted by Crippen LogP contribution is 2.29. The molecule has 0 aliphatic heterocycles. The van der Waals surface area contributed by atoms with Crippen molar-refractivity contribution >= 4 is 17.5 Å². The Labute approximate surface area is 99.7 Å². The van der Waals surface area contributed by atoms with Crippen LogP contribution in [-0.4, -0.2) is 23.0 Å². The van der Waals surface area contributed by atoms with Gasteiger partial charge in [0.1, 0.15) is 11.5 Å². The van der Waals surface area contributed by atoms with Crippen LogP contribution in [0.15, 0.2) is 6.07 Å². The first-order valence-electron chi connectivity index (χ1n) is 4.65. The van der Waals surface area contributed by atoms with Gasteiger partial charge in [0.05, 0.1) is 24.0 Å². The molecule has 0 radical (unpaired) electrons. The van der Waals surface area contributed by atoms with Crippen LogP contribution < -0.4 is 5.73 Å². The lowest BCUT2D eigenvalue weighted by molar-refractivity contribution is -0.386. The predicted octanol–water partition coefficient (Wildman–Crippen LogP) is 1.23. The van der Waals surface area contributed by atoms with E-state index in [2.05, 4.69) is 9.72 Å². The van der Waals surface area contributed by atoms with Crippen molar-refractivity contribution in [3.63, 3.8) is 0 Å². The number of nitrogens with zero attached hydrogens (tertiary/aromatic N) is 2. The Morgan fingerprint density at radius 2 is 2.28 bits per heavy atom. The molecule has 0 aliphatic carbocycles. The highest BCUT2D eigenvalue weighted by Gasteiger charge is 2.24. The smallest absolute Gasteiger partial charge is 0.311 e. The molecule has 0 unspecified atom stereocenters. The second kappa shape index (κ2) is 5.34. The minimum Gasteiger partial charge on any atom is -0.469 e. The van der Waals surface area contributed by atoms with Crippen LogP contribution >= 0.6 is 0 Å². The predicted molar refractivity (Wildman–Crippen MR) is 56.0 cm³/mol. The first-order chi connectivity index (χ1) is 8.36. The third-order valence-corrected chi connectivity index (χ3v) is 2.11. The zero-order chi connectivity index (χ0) is 13.9. The minimum atomic E-state index is -2.98. The number of rotatable bonds is 4. The molecule has 1 aromatic rings. The number of nitro groups is 1. The maximum absolute atomic E-state index is 12.5. The molecule has 0 amide bonds. The standard InChI is InChI=1S/C9H9F2N3O4/c1-18-7(15)3-5-6(14(16)17)2-4(8(10)11)9(12)13-5/h2,8H,3H2,1H3,(H2,12,13). The van der Waals surface area contributed by atoms with Gasteiger partial charge in [-0.05, 0) is 0 Å². The molecule has 0 spiro atoms.